The molecule has 0 aliphatic rings. The number of benzene rings is 1. The molecule has 2 rings (SSSR count). The number of halogens is 1. The van der Waals surface area contributed by atoms with E-state index in [9.17, 15) is 4.79 Å². The number of nitrogens with one attached hydrogen (secondary N) is 2. The smallest absolute Gasteiger partial charge is 0.269 e. The number of carbonyl (C=O) groups is 1. The van der Waals surface area contributed by atoms with Crippen LogP contribution in [0, 0.1) is 5.92 Å². The van der Waals surface area contributed by atoms with Crippen LogP contribution in [0.1, 0.15) is 36.3 Å². The van der Waals surface area contributed by atoms with Crippen molar-refractivity contribution in [3.8, 4) is 0 Å². The Kier molecular flexibility index (Phi) is 7.07. The molecule has 5 heteroatoms. The zero-order valence-corrected chi connectivity index (χ0v) is 14.9. The van der Waals surface area contributed by atoms with E-state index in [4.69, 9.17) is 11.6 Å². The van der Waals surface area contributed by atoms with Crippen LogP contribution in [0.15, 0.2) is 42.6 Å². The van der Waals surface area contributed by atoms with Crippen molar-refractivity contribution in [1.82, 2.24) is 10.3 Å². The second-order valence-electron chi connectivity index (χ2n) is 6.17. The monoisotopic (exact) mass is 345 g/mol. The predicted octanol–water partition coefficient (Wildman–Crippen LogP) is 4.17. The maximum atomic E-state index is 12.1. The largest absolute Gasteiger partial charge is 0.385 e. The first-order valence-corrected chi connectivity index (χ1v) is 8.65. The molecule has 24 heavy (non-hydrogen) atoms. The van der Waals surface area contributed by atoms with Crippen molar-refractivity contribution in [3.63, 3.8) is 0 Å². The molecule has 0 unspecified atom stereocenters. The summed E-state index contributed by atoms with van der Waals surface area (Å²) in [4.78, 5) is 16.2. The minimum absolute atomic E-state index is 0.130. The number of aromatic nitrogens is 1. The van der Waals surface area contributed by atoms with Gasteiger partial charge in [-0.15, -0.1) is 0 Å². The van der Waals surface area contributed by atoms with Crippen molar-refractivity contribution < 1.29 is 4.79 Å². The first-order chi connectivity index (χ1) is 11.5. The third-order valence-corrected chi connectivity index (χ3v) is 3.87. The molecule has 0 spiro atoms. The Morgan fingerprint density at radius 2 is 2.04 bits per heavy atom. The lowest BCUT2D eigenvalue weighted by molar-refractivity contribution is 0.0947. The van der Waals surface area contributed by atoms with Crippen molar-refractivity contribution in [2.45, 2.75) is 26.7 Å². The molecule has 1 amide bonds. The zero-order valence-electron chi connectivity index (χ0n) is 14.2. The Bertz CT molecular complexity index is 673. The van der Waals surface area contributed by atoms with Gasteiger partial charge in [-0.25, -0.2) is 0 Å². The highest BCUT2D eigenvalue weighted by atomic mass is 35.5. The molecular weight excluding hydrogens is 322 g/mol. The van der Waals surface area contributed by atoms with Crippen LogP contribution in [0.5, 0.6) is 0 Å². The standard InChI is InChI=1S/C19H24ClN3O/c1-14(2)6-9-23-19(24)18-13-17(8-11-22-18)21-10-7-15-4-3-5-16(20)12-15/h3-5,8,11-14H,6-7,9-10H2,1-2H3,(H,21,22)(H,23,24). The molecule has 4 nitrogen and oxygen atoms in total. The Morgan fingerprint density at radius 1 is 1.21 bits per heavy atom. The molecule has 2 N–H and O–H groups in total. The van der Waals surface area contributed by atoms with Crippen molar-refractivity contribution in [3.05, 3.63) is 58.9 Å². The van der Waals surface area contributed by atoms with Crippen molar-refractivity contribution >= 4 is 23.2 Å². The number of rotatable bonds is 8. The molecule has 0 atom stereocenters. The number of hydrogen-bond donors (Lipinski definition) is 2. The van der Waals surface area contributed by atoms with Crippen molar-refractivity contribution in [2.24, 2.45) is 5.92 Å². The predicted molar refractivity (Wildman–Crippen MR) is 99.7 cm³/mol. The van der Waals surface area contributed by atoms with Crippen LogP contribution < -0.4 is 10.6 Å². The van der Waals surface area contributed by atoms with E-state index < -0.39 is 0 Å². The number of anilines is 1. The lowest BCUT2D eigenvalue weighted by atomic mass is 10.1. The van der Waals surface area contributed by atoms with E-state index in [2.05, 4.69) is 29.5 Å². The second kappa shape index (κ2) is 9.28. The molecule has 0 aliphatic carbocycles. The minimum Gasteiger partial charge on any atom is -0.385 e. The van der Waals surface area contributed by atoms with E-state index in [0.717, 1.165) is 30.1 Å². The third-order valence-electron chi connectivity index (χ3n) is 3.63. The van der Waals surface area contributed by atoms with Gasteiger partial charge in [-0.05, 0) is 48.6 Å². The summed E-state index contributed by atoms with van der Waals surface area (Å²) in [7, 11) is 0. The van der Waals surface area contributed by atoms with E-state index >= 15 is 0 Å². The summed E-state index contributed by atoms with van der Waals surface area (Å²) < 4.78 is 0. The van der Waals surface area contributed by atoms with Crippen molar-refractivity contribution in [2.75, 3.05) is 18.4 Å². The highest BCUT2D eigenvalue weighted by Gasteiger charge is 2.07. The normalized spacial score (nSPS) is 10.7. The Labute approximate surface area is 148 Å². The maximum absolute atomic E-state index is 12.1. The van der Waals surface area contributed by atoms with E-state index in [-0.39, 0.29) is 5.91 Å². The average molecular weight is 346 g/mol. The van der Waals surface area contributed by atoms with Crippen LogP contribution in [0.4, 0.5) is 5.69 Å². The number of pyridine rings is 1. The molecule has 1 aromatic carbocycles. The molecule has 0 radical (unpaired) electrons. The number of hydrogen-bond acceptors (Lipinski definition) is 3. The summed E-state index contributed by atoms with van der Waals surface area (Å²) in [6.45, 7) is 5.70. The molecule has 0 fully saturated rings. The zero-order chi connectivity index (χ0) is 17.4. The van der Waals surface area contributed by atoms with Crippen molar-refractivity contribution in [1.29, 1.82) is 0 Å². The third kappa shape index (κ3) is 6.20. The lowest BCUT2D eigenvalue weighted by Gasteiger charge is -2.09. The second-order valence-corrected chi connectivity index (χ2v) is 6.61. The quantitative estimate of drug-likeness (QED) is 0.755. The van der Waals surface area contributed by atoms with E-state index in [0.29, 0.717) is 18.2 Å². The average Bonchev–Trinajstić information content (AvgIpc) is 2.55. The fourth-order valence-corrected chi connectivity index (χ4v) is 2.49. The molecule has 0 aliphatic heterocycles. The number of amides is 1. The number of nitrogens with zero attached hydrogens (tertiary/aromatic N) is 1. The molecule has 1 aromatic heterocycles. The Balaban J connectivity index is 1.84. The topological polar surface area (TPSA) is 54.0 Å². The summed E-state index contributed by atoms with van der Waals surface area (Å²) in [5, 5.41) is 6.97. The van der Waals surface area contributed by atoms with Gasteiger partial charge in [0.2, 0.25) is 0 Å². The fourth-order valence-electron chi connectivity index (χ4n) is 2.27. The Morgan fingerprint density at radius 3 is 2.79 bits per heavy atom. The molecule has 0 saturated carbocycles. The van der Waals surface area contributed by atoms with Crippen LogP contribution in [-0.2, 0) is 6.42 Å². The van der Waals surface area contributed by atoms with Gasteiger partial charge in [0, 0.05) is 30.0 Å². The van der Waals surface area contributed by atoms with Crippen LogP contribution in [0.25, 0.3) is 0 Å². The molecular formula is C19H24ClN3O. The van der Waals surface area contributed by atoms with Gasteiger partial charge in [0.25, 0.3) is 5.91 Å². The molecule has 1 heterocycles. The summed E-state index contributed by atoms with van der Waals surface area (Å²) in [6.07, 6.45) is 3.47. The van der Waals surface area contributed by atoms with Gasteiger partial charge in [-0.1, -0.05) is 37.6 Å². The van der Waals surface area contributed by atoms with Gasteiger partial charge in [-0.2, -0.15) is 0 Å². The van der Waals surface area contributed by atoms with Gasteiger partial charge in [0.15, 0.2) is 0 Å². The minimum atomic E-state index is -0.130. The van der Waals surface area contributed by atoms with Crippen LogP contribution >= 0.6 is 11.6 Å². The SMILES string of the molecule is CC(C)CCNC(=O)c1cc(NCCc2cccc(Cl)c2)ccn1. The molecule has 2 aromatic rings. The van der Waals surface area contributed by atoms with E-state index in [1.54, 1.807) is 12.3 Å². The van der Waals surface area contributed by atoms with Gasteiger partial charge < -0.3 is 10.6 Å². The first kappa shape index (κ1) is 18.3. The summed E-state index contributed by atoms with van der Waals surface area (Å²) in [5.74, 6) is 0.437. The summed E-state index contributed by atoms with van der Waals surface area (Å²) in [6, 6.07) is 11.5. The molecule has 128 valence electrons. The Hall–Kier alpha value is -2.07. The van der Waals surface area contributed by atoms with E-state index in [1.807, 2.05) is 30.3 Å². The van der Waals surface area contributed by atoms with Gasteiger partial charge >= 0.3 is 0 Å². The molecule has 0 bridgehead atoms. The molecule has 0 saturated heterocycles. The highest BCUT2D eigenvalue weighted by molar-refractivity contribution is 6.30. The summed E-state index contributed by atoms with van der Waals surface area (Å²) >= 11 is 5.98. The fraction of sp³-hybridized carbons (Fsp3) is 0.368. The van der Waals surface area contributed by atoms with Crippen LogP contribution in [0.3, 0.4) is 0 Å². The van der Waals surface area contributed by atoms with Crippen LogP contribution in [0.2, 0.25) is 5.02 Å². The van der Waals surface area contributed by atoms with Crippen LogP contribution in [-0.4, -0.2) is 24.0 Å². The van der Waals surface area contributed by atoms with Gasteiger partial charge in [-0.3, -0.25) is 9.78 Å². The van der Waals surface area contributed by atoms with Gasteiger partial charge in [0.1, 0.15) is 5.69 Å². The highest BCUT2D eigenvalue weighted by Crippen LogP contribution is 2.12. The van der Waals surface area contributed by atoms with Gasteiger partial charge in [0.05, 0.1) is 0 Å². The number of carbonyl (C=O) groups excluding carboxylic acids is 1. The lowest BCUT2D eigenvalue weighted by Crippen LogP contribution is -2.26. The summed E-state index contributed by atoms with van der Waals surface area (Å²) in [5.41, 5.74) is 2.50. The maximum Gasteiger partial charge on any atom is 0.269 e. The van der Waals surface area contributed by atoms with E-state index in [1.165, 1.54) is 5.56 Å². The first-order valence-electron chi connectivity index (χ1n) is 8.27.